The lowest BCUT2D eigenvalue weighted by Crippen LogP contribution is -2.46. The zero-order valence-electron chi connectivity index (χ0n) is 11.5. The van der Waals surface area contributed by atoms with Gasteiger partial charge in [-0.05, 0) is 19.3 Å². The molecular weight excluding hydrogens is 278 g/mol. The summed E-state index contributed by atoms with van der Waals surface area (Å²) < 4.78 is 0. The molecule has 0 unspecified atom stereocenters. The van der Waals surface area contributed by atoms with E-state index in [1.165, 1.54) is 4.88 Å². The Labute approximate surface area is 121 Å². The molecule has 0 radical (unpaired) electrons. The summed E-state index contributed by atoms with van der Waals surface area (Å²) in [4.78, 5) is 30.0. The van der Waals surface area contributed by atoms with E-state index in [-0.39, 0.29) is 6.03 Å². The number of aliphatic carboxylic acids is 1. The molecule has 0 saturated carbocycles. The molecule has 2 amide bonds. The quantitative estimate of drug-likeness (QED) is 0.886. The van der Waals surface area contributed by atoms with Crippen molar-refractivity contribution in [1.29, 1.82) is 0 Å². The number of amides is 2. The predicted octanol–water partition coefficient (Wildman–Crippen LogP) is 1.71. The van der Waals surface area contributed by atoms with Gasteiger partial charge in [-0.25, -0.2) is 9.78 Å². The van der Waals surface area contributed by atoms with Crippen LogP contribution in [0.4, 0.5) is 4.79 Å². The third-order valence-electron chi connectivity index (χ3n) is 3.40. The number of carbonyl (C=O) groups is 2. The summed E-state index contributed by atoms with van der Waals surface area (Å²) in [6.07, 6.45) is 4.15. The number of carboxylic acid groups (broad SMARTS) is 1. The van der Waals surface area contributed by atoms with Crippen molar-refractivity contribution in [3.63, 3.8) is 0 Å². The van der Waals surface area contributed by atoms with Gasteiger partial charge in [0, 0.05) is 24.2 Å². The topological polar surface area (TPSA) is 82.5 Å². The van der Waals surface area contributed by atoms with Crippen molar-refractivity contribution in [2.75, 3.05) is 13.1 Å². The van der Waals surface area contributed by atoms with Crippen molar-refractivity contribution < 1.29 is 14.7 Å². The Morgan fingerprint density at radius 2 is 2.40 bits per heavy atom. The first-order valence-corrected chi connectivity index (χ1v) is 7.61. The molecule has 0 aliphatic carbocycles. The van der Waals surface area contributed by atoms with Gasteiger partial charge in [-0.2, -0.15) is 0 Å². The van der Waals surface area contributed by atoms with Gasteiger partial charge in [-0.15, -0.1) is 11.3 Å². The molecule has 1 fully saturated rings. The number of piperidine rings is 1. The second kappa shape index (κ2) is 6.69. The van der Waals surface area contributed by atoms with Crippen LogP contribution in [-0.4, -0.2) is 40.1 Å². The van der Waals surface area contributed by atoms with Crippen LogP contribution in [0.15, 0.2) is 6.20 Å². The Bertz CT molecular complexity index is 489. The van der Waals surface area contributed by atoms with E-state index in [1.54, 1.807) is 16.2 Å². The van der Waals surface area contributed by atoms with Gasteiger partial charge in [0.2, 0.25) is 0 Å². The van der Waals surface area contributed by atoms with E-state index in [9.17, 15) is 9.59 Å². The SMILES string of the molecule is CCc1cnc(CNC(=O)N2CCC[C@@H](C(=O)O)C2)s1. The molecule has 2 N–H and O–H groups in total. The van der Waals surface area contributed by atoms with Crippen LogP contribution in [0.2, 0.25) is 0 Å². The van der Waals surface area contributed by atoms with Crippen LogP contribution in [0.5, 0.6) is 0 Å². The molecule has 20 heavy (non-hydrogen) atoms. The Morgan fingerprint density at radius 1 is 1.60 bits per heavy atom. The number of urea groups is 1. The molecule has 1 atom stereocenters. The van der Waals surface area contributed by atoms with Crippen molar-refractivity contribution in [3.05, 3.63) is 16.1 Å². The molecule has 0 bridgehead atoms. The molecule has 1 aliphatic heterocycles. The lowest BCUT2D eigenvalue weighted by atomic mass is 9.99. The largest absolute Gasteiger partial charge is 0.481 e. The fourth-order valence-electron chi connectivity index (χ4n) is 2.22. The van der Waals surface area contributed by atoms with Crippen LogP contribution in [0, 0.1) is 5.92 Å². The van der Waals surface area contributed by atoms with Gasteiger partial charge >= 0.3 is 12.0 Å². The fourth-order valence-corrected chi connectivity index (χ4v) is 3.02. The van der Waals surface area contributed by atoms with Crippen LogP contribution < -0.4 is 5.32 Å². The summed E-state index contributed by atoms with van der Waals surface area (Å²) >= 11 is 1.59. The number of hydrogen-bond acceptors (Lipinski definition) is 4. The smallest absolute Gasteiger partial charge is 0.317 e. The van der Waals surface area contributed by atoms with Crippen molar-refractivity contribution in [2.45, 2.75) is 32.7 Å². The van der Waals surface area contributed by atoms with Crippen LogP contribution in [0.25, 0.3) is 0 Å². The van der Waals surface area contributed by atoms with Gasteiger partial charge in [0.25, 0.3) is 0 Å². The van der Waals surface area contributed by atoms with Crippen molar-refractivity contribution in [1.82, 2.24) is 15.2 Å². The summed E-state index contributed by atoms with van der Waals surface area (Å²) in [5.41, 5.74) is 0. The maximum atomic E-state index is 12.0. The second-order valence-corrected chi connectivity index (χ2v) is 6.06. The average Bonchev–Trinajstić information content (AvgIpc) is 2.93. The van der Waals surface area contributed by atoms with Gasteiger partial charge in [0.15, 0.2) is 0 Å². The molecule has 7 heteroatoms. The number of likely N-dealkylation sites (tertiary alicyclic amines) is 1. The molecule has 1 aromatic heterocycles. The third-order valence-corrected chi connectivity index (χ3v) is 4.54. The highest BCUT2D eigenvalue weighted by Gasteiger charge is 2.27. The highest BCUT2D eigenvalue weighted by atomic mass is 32.1. The summed E-state index contributed by atoms with van der Waals surface area (Å²) in [7, 11) is 0. The molecule has 2 rings (SSSR count). The number of rotatable bonds is 4. The number of carbonyl (C=O) groups excluding carboxylic acids is 1. The van der Waals surface area contributed by atoms with E-state index in [0.717, 1.165) is 17.8 Å². The Balaban J connectivity index is 1.83. The van der Waals surface area contributed by atoms with Crippen molar-refractivity contribution in [3.8, 4) is 0 Å². The number of carboxylic acids is 1. The molecule has 1 aromatic rings. The van der Waals surface area contributed by atoms with Gasteiger partial charge in [0.05, 0.1) is 12.5 Å². The minimum Gasteiger partial charge on any atom is -0.481 e. The zero-order valence-corrected chi connectivity index (χ0v) is 12.3. The average molecular weight is 297 g/mol. The minimum absolute atomic E-state index is 0.204. The molecule has 0 aromatic carbocycles. The van der Waals surface area contributed by atoms with E-state index in [2.05, 4.69) is 17.2 Å². The van der Waals surface area contributed by atoms with E-state index in [1.807, 2.05) is 6.20 Å². The molecule has 6 nitrogen and oxygen atoms in total. The molecule has 110 valence electrons. The molecule has 2 heterocycles. The lowest BCUT2D eigenvalue weighted by Gasteiger charge is -2.30. The van der Waals surface area contributed by atoms with Gasteiger partial charge in [-0.1, -0.05) is 6.92 Å². The lowest BCUT2D eigenvalue weighted by molar-refractivity contribution is -0.143. The first-order chi connectivity index (χ1) is 9.60. The van der Waals surface area contributed by atoms with E-state index in [0.29, 0.717) is 26.1 Å². The van der Waals surface area contributed by atoms with Gasteiger partial charge in [0.1, 0.15) is 5.01 Å². The number of thiazole rings is 1. The first kappa shape index (κ1) is 14.8. The normalized spacial score (nSPS) is 18.9. The van der Waals surface area contributed by atoms with Crippen molar-refractivity contribution >= 4 is 23.3 Å². The summed E-state index contributed by atoms with van der Waals surface area (Å²) in [5, 5.41) is 12.7. The Kier molecular flexibility index (Phi) is 4.94. The van der Waals surface area contributed by atoms with Gasteiger partial charge < -0.3 is 15.3 Å². The Morgan fingerprint density at radius 3 is 3.05 bits per heavy atom. The highest BCUT2D eigenvalue weighted by Crippen LogP contribution is 2.17. The maximum Gasteiger partial charge on any atom is 0.317 e. The second-order valence-electron chi connectivity index (χ2n) is 4.86. The zero-order chi connectivity index (χ0) is 14.5. The Hall–Kier alpha value is -1.63. The van der Waals surface area contributed by atoms with Crippen LogP contribution >= 0.6 is 11.3 Å². The van der Waals surface area contributed by atoms with Crippen molar-refractivity contribution in [2.24, 2.45) is 5.92 Å². The molecule has 0 spiro atoms. The van der Waals surface area contributed by atoms with E-state index >= 15 is 0 Å². The third kappa shape index (κ3) is 3.69. The highest BCUT2D eigenvalue weighted by molar-refractivity contribution is 7.11. The van der Waals surface area contributed by atoms with E-state index < -0.39 is 11.9 Å². The molecule has 1 saturated heterocycles. The summed E-state index contributed by atoms with van der Waals surface area (Å²) in [6.45, 7) is 3.38. The van der Waals surface area contributed by atoms with Crippen LogP contribution in [0.1, 0.15) is 29.7 Å². The van der Waals surface area contributed by atoms with Gasteiger partial charge in [-0.3, -0.25) is 4.79 Å². The first-order valence-electron chi connectivity index (χ1n) is 6.79. The molecule has 1 aliphatic rings. The minimum atomic E-state index is -0.824. The standard InChI is InChI=1S/C13H19N3O3S/c1-2-10-6-14-11(20-10)7-15-13(19)16-5-3-4-9(8-16)12(17)18/h6,9H,2-5,7-8H2,1H3,(H,15,19)(H,17,18)/t9-/m1/s1. The number of aromatic nitrogens is 1. The maximum absolute atomic E-state index is 12.0. The number of nitrogens with one attached hydrogen (secondary N) is 1. The monoisotopic (exact) mass is 297 g/mol. The summed E-state index contributed by atoms with van der Waals surface area (Å²) in [5.74, 6) is -1.27. The van der Waals surface area contributed by atoms with Crippen LogP contribution in [-0.2, 0) is 17.8 Å². The van der Waals surface area contributed by atoms with E-state index in [4.69, 9.17) is 5.11 Å². The fraction of sp³-hybridized carbons (Fsp3) is 0.615. The number of hydrogen-bond donors (Lipinski definition) is 2. The number of nitrogens with zero attached hydrogens (tertiary/aromatic N) is 2. The summed E-state index contributed by atoms with van der Waals surface area (Å²) in [6, 6.07) is -0.204. The van der Waals surface area contributed by atoms with Crippen LogP contribution in [0.3, 0.4) is 0 Å². The number of aryl methyl sites for hydroxylation is 1. The predicted molar refractivity (Wildman–Crippen MR) is 75.7 cm³/mol. The molecular formula is C13H19N3O3S.